The molecule has 2 heterocycles. The minimum atomic E-state index is -3.15. The quantitative estimate of drug-likeness (QED) is 0.485. The number of likely N-dealkylation sites (N-methyl/N-ethyl adjacent to an activating group) is 1. The first-order valence-corrected chi connectivity index (χ1v) is 11.0. The van der Waals surface area contributed by atoms with Crippen LogP contribution in [-0.4, -0.2) is 63.7 Å². The Balaban J connectivity index is 1.70. The number of morpholine rings is 1. The number of amides is 3. The molecule has 1 aromatic heterocycles. The molecule has 0 aliphatic carbocycles. The van der Waals surface area contributed by atoms with E-state index >= 15 is 0 Å². The van der Waals surface area contributed by atoms with E-state index in [0.29, 0.717) is 21.5 Å². The lowest BCUT2D eigenvalue weighted by molar-refractivity contribution is -0.125. The fourth-order valence-electron chi connectivity index (χ4n) is 3.03. The van der Waals surface area contributed by atoms with Crippen LogP contribution >= 0.6 is 22.9 Å². The second kappa shape index (κ2) is 11.4. The predicted molar refractivity (Wildman–Crippen MR) is 119 cm³/mol. The van der Waals surface area contributed by atoms with Crippen LogP contribution in [-0.2, 0) is 14.3 Å². The molecule has 0 radical (unpaired) electrons. The third-order valence-electron chi connectivity index (χ3n) is 4.67. The van der Waals surface area contributed by atoms with Crippen LogP contribution in [0.2, 0.25) is 4.34 Å². The van der Waals surface area contributed by atoms with Crippen LogP contribution in [0.1, 0.15) is 9.67 Å². The number of nitrogens with zero attached hydrogens (tertiary/aromatic N) is 1. The maximum absolute atomic E-state index is 13.0. The van der Waals surface area contributed by atoms with Gasteiger partial charge in [-0.2, -0.15) is 8.78 Å². The molecule has 3 amide bonds. The smallest absolute Gasteiger partial charge is 0.387 e. The van der Waals surface area contributed by atoms with Gasteiger partial charge in [-0.15, -0.1) is 11.3 Å². The highest BCUT2D eigenvalue weighted by Crippen LogP contribution is 2.32. The fraction of sp³-hybridized carbons (Fsp3) is 0.350. The molecule has 3 N–H and O–H groups in total. The van der Waals surface area contributed by atoms with Crippen LogP contribution < -0.4 is 25.6 Å². The van der Waals surface area contributed by atoms with E-state index < -0.39 is 24.5 Å². The van der Waals surface area contributed by atoms with Gasteiger partial charge in [-0.05, 0) is 31.3 Å². The number of ether oxygens (including phenoxy) is 2. The maximum Gasteiger partial charge on any atom is 0.387 e. The van der Waals surface area contributed by atoms with Gasteiger partial charge in [-0.3, -0.25) is 14.4 Å². The average molecular weight is 503 g/mol. The van der Waals surface area contributed by atoms with Gasteiger partial charge in [-0.1, -0.05) is 11.6 Å². The summed E-state index contributed by atoms with van der Waals surface area (Å²) in [5, 5.41) is 7.89. The molecule has 3 rings (SSSR count). The maximum atomic E-state index is 13.0. The average Bonchev–Trinajstić information content (AvgIpc) is 3.21. The van der Waals surface area contributed by atoms with E-state index in [1.165, 1.54) is 30.1 Å². The summed E-state index contributed by atoms with van der Waals surface area (Å²) in [5.41, 5.74) is 0.324. The lowest BCUT2D eigenvalue weighted by atomic mass is 10.2. The zero-order chi connectivity index (χ0) is 24.0. The van der Waals surface area contributed by atoms with Crippen molar-refractivity contribution >= 4 is 52.0 Å². The highest BCUT2D eigenvalue weighted by Gasteiger charge is 2.24. The van der Waals surface area contributed by atoms with Gasteiger partial charge in [0.1, 0.15) is 12.6 Å². The summed E-state index contributed by atoms with van der Waals surface area (Å²) >= 11 is 6.92. The molecule has 1 fully saturated rings. The molecule has 0 unspecified atom stereocenters. The number of alkyl halides is 2. The number of thiophene rings is 1. The fourth-order valence-corrected chi connectivity index (χ4v) is 3.99. The number of hydrogen-bond donors (Lipinski definition) is 3. The Morgan fingerprint density at radius 2 is 2.09 bits per heavy atom. The second-order valence-electron chi connectivity index (χ2n) is 6.80. The molecule has 1 atom stereocenters. The van der Waals surface area contributed by atoms with Gasteiger partial charge >= 0.3 is 6.61 Å². The lowest BCUT2D eigenvalue weighted by Gasteiger charge is -2.27. The van der Waals surface area contributed by atoms with Crippen molar-refractivity contribution in [3.63, 3.8) is 0 Å². The number of rotatable bonds is 9. The molecule has 1 saturated heterocycles. The Labute approximate surface area is 197 Å². The van der Waals surface area contributed by atoms with Gasteiger partial charge in [0.2, 0.25) is 5.91 Å². The van der Waals surface area contributed by atoms with Gasteiger partial charge in [0.05, 0.1) is 21.5 Å². The summed E-state index contributed by atoms with van der Waals surface area (Å²) in [6.07, 6.45) is 0. The standard InChI is InChI=1S/C20H21ClF2N4O5S/c1-24-13(9-25-19(30)15-4-5-16(21)33-15)18(29)26-12-3-2-11(8-14(12)32-20(22)23)27-6-7-31-10-17(27)28/h2-5,8,13,20,24H,6-7,9-10H2,1H3,(H,25,30)(H,26,29)/t13-/m1/s1. The van der Waals surface area contributed by atoms with Crippen LogP contribution in [0.25, 0.3) is 0 Å². The minimum Gasteiger partial charge on any atom is -0.433 e. The Hall–Kier alpha value is -2.80. The van der Waals surface area contributed by atoms with E-state index in [-0.39, 0.29) is 37.0 Å². The van der Waals surface area contributed by atoms with Gasteiger partial charge in [0.25, 0.3) is 11.8 Å². The molecular formula is C20H21ClF2N4O5S. The van der Waals surface area contributed by atoms with Crippen LogP contribution in [0.3, 0.4) is 0 Å². The molecule has 0 saturated carbocycles. The van der Waals surface area contributed by atoms with E-state index in [1.54, 1.807) is 12.1 Å². The number of benzene rings is 1. The van der Waals surface area contributed by atoms with Crippen molar-refractivity contribution in [2.45, 2.75) is 12.7 Å². The Morgan fingerprint density at radius 3 is 2.73 bits per heavy atom. The van der Waals surface area contributed by atoms with Crippen LogP contribution in [0, 0.1) is 0 Å². The number of anilines is 2. The number of carbonyl (C=O) groups excluding carboxylic acids is 3. The van der Waals surface area contributed by atoms with E-state index in [2.05, 4.69) is 20.7 Å². The molecule has 1 aliphatic heterocycles. The Morgan fingerprint density at radius 1 is 1.30 bits per heavy atom. The number of halogens is 3. The first kappa shape index (κ1) is 24.8. The first-order chi connectivity index (χ1) is 15.8. The Kier molecular flexibility index (Phi) is 8.55. The predicted octanol–water partition coefficient (Wildman–Crippen LogP) is 2.32. The van der Waals surface area contributed by atoms with Crippen molar-refractivity contribution < 1.29 is 32.6 Å². The summed E-state index contributed by atoms with van der Waals surface area (Å²) in [5.74, 6) is -1.61. The summed E-state index contributed by atoms with van der Waals surface area (Å²) in [7, 11) is 1.52. The van der Waals surface area contributed by atoms with Gasteiger partial charge in [0.15, 0.2) is 5.75 Å². The molecule has 1 aromatic carbocycles. The number of carbonyl (C=O) groups is 3. The normalized spacial score (nSPS) is 14.8. The number of hydrogen-bond acceptors (Lipinski definition) is 7. The summed E-state index contributed by atoms with van der Waals surface area (Å²) in [6, 6.07) is 6.40. The Bertz CT molecular complexity index is 1020. The highest BCUT2D eigenvalue weighted by molar-refractivity contribution is 7.18. The number of nitrogens with one attached hydrogen (secondary N) is 3. The van der Waals surface area contributed by atoms with E-state index in [0.717, 1.165) is 11.3 Å². The monoisotopic (exact) mass is 502 g/mol. The van der Waals surface area contributed by atoms with E-state index in [9.17, 15) is 23.2 Å². The van der Waals surface area contributed by atoms with Crippen molar-refractivity contribution in [2.75, 3.05) is 43.6 Å². The molecule has 13 heteroatoms. The SMILES string of the molecule is CN[C@H](CNC(=O)c1ccc(Cl)s1)C(=O)Nc1ccc(N2CCOCC2=O)cc1OC(F)F. The van der Waals surface area contributed by atoms with Gasteiger partial charge in [0, 0.05) is 24.8 Å². The highest BCUT2D eigenvalue weighted by atomic mass is 35.5. The van der Waals surface area contributed by atoms with Crippen molar-refractivity contribution in [1.29, 1.82) is 0 Å². The second-order valence-corrected chi connectivity index (χ2v) is 8.52. The topological polar surface area (TPSA) is 109 Å². The zero-order valence-corrected chi connectivity index (χ0v) is 19.0. The van der Waals surface area contributed by atoms with Crippen molar-refractivity contribution in [1.82, 2.24) is 10.6 Å². The zero-order valence-electron chi connectivity index (χ0n) is 17.4. The third kappa shape index (κ3) is 6.60. The van der Waals surface area contributed by atoms with Gasteiger partial charge < -0.3 is 30.3 Å². The minimum absolute atomic E-state index is 0.0126. The van der Waals surface area contributed by atoms with Crippen LogP contribution in [0.15, 0.2) is 30.3 Å². The van der Waals surface area contributed by atoms with Crippen molar-refractivity contribution in [3.05, 3.63) is 39.5 Å². The van der Waals surface area contributed by atoms with Gasteiger partial charge in [-0.25, -0.2) is 0 Å². The van der Waals surface area contributed by atoms with Crippen LogP contribution in [0.5, 0.6) is 5.75 Å². The molecule has 0 spiro atoms. The summed E-state index contributed by atoms with van der Waals surface area (Å²) in [6.45, 7) is -2.76. The molecular weight excluding hydrogens is 482 g/mol. The van der Waals surface area contributed by atoms with E-state index in [4.69, 9.17) is 16.3 Å². The lowest BCUT2D eigenvalue weighted by Crippen LogP contribution is -2.47. The van der Waals surface area contributed by atoms with Crippen molar-refractivity contribution in [3.8, 4) is 5.75 Å². The molecule has 178 valence electrons. The largest absolute Gasteiger partial charge is 0.433 e. The molecule has 1 aliphatic rings. The third-order valence-corrected chi connectivity index (χ3v) is 5.90. The molecule has 33 heavy (non-hydrogen) atoms. The van der Waals surface area contributed by atoms with E-state index in [1.807, 2.05) is 0 Å². The molecule has 0 bridgehead atoms. The summed E-state index contributed by atoms with van der Waals surface area (Å²) < 4.78 is 36.1. The first-order valence-electron chi connectivity index (χ1n) is 9.77. The molecule has 9 nitrogen and oxygen atoms in total. The van der Waals surface area contributed by atoms with Crippen LogP contribution in [0.4, 0.5) is 20.2 Å². The van der Waals surface area contributed by atoms with Crippen molar-refractivity contribution in [2.24, 2.45) is 0 Å². The molecule has 2 aromatic rings. The summed E-state index contributed by atoms with van der Waals surface area (Å²) in [4.78, 5) is 38.7.